The average molecular weight is 371 g/mol. The normalized spacial score (nSPS) is 11.6. The lowest BCUT2D eigenvalue weighted by Gasteiger charge is -2.18. The molecule has 2 N–H and O–H groups in total. The van der Waals surface area contributed by atoms with Gasteiger partial charge < -0.3 is 10.6 Å². The molecule has 5 heteroatoms. The van der Waals surface area contributed by atoms with E-state index in [1.54, 1.807) is 0 Å². The van der Waals surface area contributed by atoms with Gasteiger partial charge in [-0.05, 0) is 31.0 Å². The predicted octanol–water partition coefficient (Wildman–Crippen LogP) is 4.32. The topological polar surface area (TPSA) is 58.2 Å². The zero-order valence-electron chi connectivity index (χ0n) is 15.3. The summed E-state index contributed by atoms with van der Waals surface area (Å²) in [5, 5.41) is 5.91. The second-order valence-corrected chi connectivity index (χ2v) is 7.21. The second kappa shape index (κ2) is 10.7. The SMILES string of the molecule is CCCC(NC(=O)CSCC(=O)Nc1ccc(C)cc1)c1ccccc1. The number of aryl methyl sites for hydroxylation is 1. The third-order valence-corrected chi connectivity index (χ3v) is 4.85. The Morgan fingerprint density at radius 3 is 2.27 bits per heavy atom. The summed E-state index contributed by atoms with van der Waals surface area (Å²) in [5.74, 6) is 0.389. The Labute approximate surface area is 159 Å². The van der Waals surface area contributed by atoms with Crippen LogP contribution >= 0.6 is 11.8 Å². The minimum atomic E-state index is -0.0974. The molecule has 0 aliphatic rings. The maximum Gasteiger partial charge on any atom is 0.234 e. The van der Waals surface area contributed by atoms with Crippen molar-refractivity contribution in [1.82, 2.24) is 5.32 Å². The number of thioether (sulfide) groups is 1. The molecule has 0 saturated heterocycles. The van der Waals surface area contributed by atoms with Crippen LogP contribution in [0, 0.1) is 6.92 Å². The van der Waals surface area contributed by atoms with Crippen LogP contribution < -0.4 is 10.6 Å². The molecule has 2 rings (SSSR count). The maximum atomic E-state index is 12.2. The van der Waals surface area contributed by atoms with Gasteiger partial charge in [0.15, 0.2) is 0 Å². The van der Waals surface area contributed by atoms with Gasteiger partial charge >= 0.3 is 0 Å². The van der Waals surface area contributed by atoms with Crippen molar-refractivity contribution in [1.29, 1.82) is 0 Å². The molecule has 1 unspecified atom stereocenters. The molecule has 4 nitrogen and oxygen atoms in total. The lowest BCUT2D eigenvalue weighted by Crippen LogP contribution is -2.30. The van der Waals surface area contributed by atoms with Crippen LogP contribution in [0.4, 0.5) is 5.69 Å². The first-order valence-electron chi connectivity index (χ1n) is 8.87. The minimum Gasteiger partial charge on any atom is -0.349 e. The number of carbonyl (C=O) groups is 2. The second-order valence-electron chi connectivity index (χ2n) is 6.23. The highest BCUT2D eigenvalue weighted by molar-refractivity contribution is 8.00. The van der Waals surface area contributed by atoms with E-state index in [4.69, 9.17) is 0 Å². The van der Waals surface area contributed by atoms with Gasteiger partial charge in [0, 0.05) is 5.69 Å². The molecule has 0 radical (unpaired) electrons. The molecule has 2 aromatic rings. The van der Waals surface area contributed by atoms with Crippen molar-refractivity contribution in [3.8, 4) is 0 Å². The van der Waals surface area contributed by atoms with Crippen LogP contribution in [0.25, 0.3) is 0 Å². The fraction of sp³-hybridized carbons (Fsp3) is 0.333. The molecule has 2 amide bonds. The molecule has 138 valence electrons. The van der Waals surface area contributed by atoms with Crippen molar-refractivity contribution in [2.24, 2.45) is 0 Å². The van der Waals surface area contributed by atoms with Crippen molar-refractivity contribution in [3.63, 3.8) is 0 Å². The van der Waals surface area contributed by atoms with E-state index in [0.29, 0.717) is 0 Å². The molecule has 0 spiro atoms. The molecular formula is C21H26N2O2S. The molecule has 0 aliphatic carbocycles. The Balaban J connectivity index is 1.75. The molecule has 0 aliphatic heterocycles. The number of anilines is 1. The van der Waals surface area contributed by atoms with Gasteiger partial charge in [-0.2, -0.15) is 0 Å². The van der Waals surface area contributed by atoms with Gasteiger partial charge in [-0.25, -0.2) is 0 Å². The zero-order chi connectivity index (χ0) is 18.8. The van der Waals surface area contributed by atoms with Gasteiger partial charge in [0.25, 0.3) is 0 Å². The van der Waals surface area contributed by atoms with E-state index in [0.717, 1.165) is 29.7 Å². The molecule has 0 heterocycles. The number of hydrogen-bond donors (Lipinski definition) is 2. The van der Waals surface area contributed by atoms with Crippen molar-refractivity contribution in [2.75, 3.05) is 16.8 Å². The Morgan fingerprint density at radius 1 is 0.962 bits per heavy atom. The van der Waals surface area contributed by atoms with Crippen molar-refractivity contribution in [3.05, 3.63) is 65.7 Å². The zero-order valence-corrected chi connectivity index (χ0v) is 16.1. The van der Waals surface area contributed by atoms with E-state index in [9.17, 15) is 9.59 Å². The number of benzene rings is 2. The van der Waals surface area contributed by atoms with Crippen LogP contribution in [0.5, 0.6) is 0 Å². The van der Waals surface area contributed by atoms with Crippen LogP contribution in [-0.2, 0) is 9.59 Å². The highest BCUT2D eigenvalue weighted by Gasteiger charge is 2.14. The van der Waals surface area contributed by atoms with Crippen LogP contribution in [0.1, 0.15) is 36.9 Å². The van der Waals surface area contributed by atoms with E-state index in [1.165, 1.54) is 11.8 Å². The van der Waals surface area contributed by atoms with Gasteiger partial charge in [0.2, 0.25) is 11.8 Å². The van der Waals surface area contributed by atoms with Crippen LogP contribution in [0.2, 0.25) is 0 Å². The smallest absolute Gasteiger partial charge is 0.234 e. The van der Waals surface area contributed by atoms with Gasteiger partial charge in [-0.3, -0.25) is 9.59 Å². The Hall–Kier alpha value is -2.27. The summed E-state index contributed by atoms with van der Waals surface area (Å²) in [7, 11) is 0. The molecule has 0 bridgehead atoms. The van der Waals surface area contributed by atoms with E-state index >= 15 is 0 Å². The van der Waals surface area contributed by atoms with E-state index in [1.807, 2.05) is 61.5 Å². The fourth-order valence-electron chi connectivity index (χ4n) is 2.60. The summed E-state index contributed by atoms with van der Waals surface area (Å²) in [6.45, 7) is 4.10. The number of rotatable bonds is 9. The Morgan fingerprint density at radius 2 is 1.62 bits per heavy atom. The highest BCUT2D eigenvalue weighted by atomic mass is 32.2. The highest BCUT2D eigenvalue weighted by Crippen LogP contribution is 2.18. The lowest BCUT2D eigenvalue weighted by atomic mass is 10.0. The van der Waals surface area contributed by atoms with Gasteiger partial charge in [0.1, 0.15) is 0 Å². The minimum absolute atomic E-state index is 0.0238. The first-order chi connectivity index (χ1) is 12.6. The first-order valence-corrected chi connectivity index (χ1v) is 10.0. The molecule has 0 saturated carbocycles. The molecule has 0 fully saturated rings. The maximum absolute atomic E-state index is 12.2. The Bertz CT molecular complexity index is 702. The third kappa shape index (κ3) is 6.92. The molecule has 1 atom stereocenters. The molecular weight excluding hydrogens is 344 g/mol. The summed E-state index contributed by atoms with van der Waals surface area (Å²) in [6, 6.07) is 17.7. The summed E-state index contributed by atoms with van der Waals surface area (Å²) in [5.41, 5.74) is 3.04. The molecule has 26 heavy (non-hydrogen) atoms. The monoisotopic (exact) mass is 370 g/mol. The summed E-state index contributed by atoms with van der Waals surface area (Å²) >= 11 is 1.32. The van der Waals surface area contributed by atoms with Gasteiger partial charge in [0.05, 0.1) is 17.5 Å². The van der Waals surface area contributed by atoms with E-state index in [-0.39, 0.29) is 29.4 Å². The van der Waals surface area contributed by atoms with E-state index < -0.39 is 0 Å². The van der Waals surface area contributed by atoms with Crippen molar-refractivity contribution in [2.45, 2.75) is 32.7 Å². The largest absolute Gasteiger partial charge is 0.349 e. The fourth-order valence-corrected chi connectivity index (χ4v) is 3.23. The number of nitrogens with one attached hydrogen (secondary N) is 2. The Kier molecular flexibility index (Phi) is 8.22. The lowest BCUT2D eigenvalue weighted by molar-refractivity contribution is -0.119. The van der Waals surface area contributed by atoms with Crippen molar-refractivity contribution < 1.29 is 9.59 Å². The first kappa shape index (κ1) is 20.0. The average Bonchev–Trinajstić information content (AvgIpc) is 2.64. The standard InChI is InChI=1S/C21H26N2O2S/c1-3-7-19(17-8-5-4-6-9-17)23-21(25)15-26-14-20(24)22-18-12-10-16(2)11-13-18/h4-6,8-13,19H,3,7,14-15H2,1-2H3,(H,22,24)(H,23,25). The van der Waals surface area contributed by atoms with Crippen molar-refractivity contribution >= 4 is 29.3 Å². The van der Waals surface area contributed by atoms with Crippen LogP contribution in [0.3, 0.4) is 0 Å². The summed E-state index contributed by atoms with van der Waals surface area (Å²) in [4.78, 5) is 24.2. The summed E-state index contributed by atoms with van der Waals surface area (Å²) in [6.07, 6.45) is 1.89. The van der Waals surface area contributed by atoms with Crippen LogP contribution in [-0.4, -0.2) is 23.3 Å². The molecule has 0 aromatic heterocycles. The van der Waals surface area contributed by atoms with Gasteiger partial charge in [-0.1, -0.05) is 61.4 Å². The number of carbonyl (C=O) groups excluding carboxylic acids is 2. The van der Waals surface area contributed by atoms with E-state index in [2.05, 4.69) is 17.6 Å². The molecule has 2 aromatic carbocycles. The number of hydrogen-bond acceptors (Lipinski definition) is 3. The predicted molar refractivity (Wildman–Crippen MR) is 109 cm³/mol. The van der Waals surface area contributed by atoms with Crippen LogP contribution in [0.15, 0.2) is 54.6 Å². The third-order valence-electron chi connectivity index (χ3n) is 3.92. The quantitative estimate of drug-likeness (QED) is 0.691. The van der Waals surface area contributed by atoms with Gasteiger partial charge in [-0.15, -0.1) is 11.8 Å². The summed E-state index contributed by atoms with van der Waals surface area (Å²) < 4.78 is 0. The number of amides is 2.